The van der Waals surface area contributed by atoms with Crippen molar-refractivity contribution in [3.05, 3.63) is 23.8 Å². The van der Waals surface area contributed by atoms with E-state index in [0.717, 1.165) is 23.5 Å². The summed E-state index contributed by atoms with van der Waals surface area (Å²) in [5.41, 5.74) is 7.72. The minimum Gasteiger partial charge on any atom is -0.497 e. The second-order valence-corrected chi connectivity index (χ2v) is 4.46. The van der Waals surface area contributed by atoms with Gasteiger partial charge in [0.05, 0.1) is 20.8 Å². The maximum Gasteiger partial charge on any atom is 0.119 e. The first-order valence-electron chi connectivity index (χ1n) is 5.78. The summed E-state index contributed by atoms with van der Waals surface area (Å²) in [6.07, 6.45) is 0. The highest BCUT2D eigenvalue weighted by Gasteiger charge is 2.10. The summed E-state index contributed by atoms with van der Waals surface area (Å²) in [7, 11) is 3.33. The number of ether oxygens (including phenoxy) is 1. The molecule has 0 aromatic heterocycles. The third-order valence-corrected chi connectivity index (χ3v) is 2.52. The zero-order valence-electron chi connectivity index (χ0n) is 11.1. The van der Waals surface area contributed by atoms with Gasteiger partial charge in [-0.25, -0.2) is 0 Å². The van der Waals surface area contributed by atoms with E-state index in [0.29, 0.717) is 12.5 Å². The Labute approximate surface area is 103 Å². The lowest BCUT2D eigenvalue weighted by Gasteiger charge is -2.22. The van der Waals surface area contributed by atoms with Gasteiger partial charge in [0.25, 0.3) is 0 Å². The molecular formula is C13H22N2O2. The smallest absolute Gasteiger partial charge is 0.119 e. The van der Waals surface area contributed by atoms with Crippen molar-refractivity contribution in [3.8, 4) is 5.75 Å². The second kappa shape index (κ2) is 6.47. The number of methoxy groups -OCH3 is 1. The van der Waals surface area contributed by atoms with Crippen LogP contribution in [0.5, 0.6) is 5.75 Å². The van der Waals surface area contributed by atoms with Gasteiger partial charge in [-0.1, -0.05) is 13.8 Å². The summed E-state index contributed by atoms with van der Waals surface area (Å²) in [4.78, 5) is 5.33. The molecule has 0 bridgehead atoms. The molecule has 0 unspecified atom stereocenters. The van der Waals surface area contributed by atoms with Crippen LogP contribution in [-0.4, -0.2) is 25.8 Å². The molecule has 0 saturated carbocycles. The van der Waals surface area contributed by atoms with Gasteiger partial charge in [-0.2, -0.15) is 5.06 Å². The predicted octanol–water partition coefficient (Wildman–Crippen LogP) is 2.30. The van der Waals surface area contributed by atoms with Gasteiger partial charge < -0.3 is 15.3 Å². The summed E-state index contributed by atoms with van der Waals surface area (Å²) < 4.78 is 5.19. The number of anilines is 1. The second-order valence-electron chi connectivity index (χ2n) is 4.46. The summed E-state index contributed by atoms with van der Waals surface area (Å²) in [5.74, 6) is 1.36. The van der Waals surface area contributed by atoms with Gasteiger partial charge in [-0.05, 0) is 29.7 Å². The summed E-state index contributed by atoms with van der Waals surface area (Å²) in [6, 6.07) is 5.66. The van der Waals surface area contributed by atoms with E-state index in [2.05, 4.69) is 13.8 Å². The average Bonchev–Trinajstić information content (AvgIpc) is 2.30. The monoisotopic (exact) mass is 238 g/mol. The molecule has 0 amide bonds. The first-order valence-corrected chi connectivity index (χ1v) is 5.78. The highest BCUT2D eigenvalue weighted by atomic mass is 16.7. The van der Waals surface area contributed by atoms with Crippen LogP contribution in [0.15, 0.2) is 18.2 Å². The summed E-state index contributed by atoms with van der Waals surface area (Å²) in [5, 5.41) is 1.90. The molecule has 2 N–H and O–H groups in total. The van der Waals surface area contributed by atoms with Crippen molar-refractivity contribution in [3.63, 3.8) is 0 Å². The topological polar surface area (TPSA) is 47.7 Å². The van der Waals surface area contributed by atoms with Crippen LogP contribution in [0, 0.1) is 5.92 Å². The molecule has 4 heteroatoms. The lowest BCUT2D eigenvalue weighted by molar-refractivity contribution is -0.145. The molecule has 0 spiro atoms. The van der Waals surface area contributed by atoms with Gasteiger partial charge in [0.15, 0.2) is 0 Å². The lowest BCUT2D eigenvalue weighted by Crippen LogP contribution is -2.26. The number of nitrogens with zero attached hydrogens (tertiary/aromatic N) is 1. The number of nitrogens with two attached hydrogens (primary N) is 1. The van der Waals surface area contributed by atoms with Crippen LogP contribution < -0.4 is 10.5 Å². The third-order valence-electron chi connectivity index (χ3n) is 2.52. The Hall–Kier alpha value is -1.26. The fourth-order valence-electron chi connectivity index (χ4n) is 1.65. The molecule has 1 aromatic rings. The first-order chi connectivity index (χ1) is 8.06. The highest BCUT2D eigenvalue weighted by Crippen LogP contribution is 2.21. The summed E-state index contributed by atoms with van der Waals surface area (Å²) >= 11 is 0. The van der Waals surface area contributed by atoms with Gasteiger partial charge >= 0.3 is 0 Å². The predicted molar refractivity (Wildman–Crippen MR) is 69.7 cm³/mol. The fourth-order valence-corrected chi connectivity index (χ4v) is 1.65. The fraction of sp³-hybridized carbons (Fsp3) is 0.538. The van der Waals surface area contributed by atoms with Crippen molar-refractivity contribution < 1.29 is 9.57 Å². The molecule has 1 rings (SSSR count). The number of rotatable bonds is 6. The van der Waals surface area contributed by atoms with Gasteiger partial charge in [0.2, 0.25) is 0 Å². The van der Waals surface area contributed by atoms with Crippen LogP contribution >= 0.6 is 0 Å². The molecule has 0 aliphatic heterocycles. The maximum absolute atomic E-state index is 5.94. The Morgan fingerprint density at radius 2 is 2.00 bits per heavy atom. The van der Waals surface area contributed by atoms with E-state index in [4.69, 9.17) is 15.3 Å². The molecule has 1 aromatic carbocycles. The number of hydroxylamine groups is 2. The van der Waals surface area contributed by atoms with E-state index in [-0.39, 0.29) is 0 Å². The van der Waals surface area contributed by atoms with E-state index in [1.54, 1.807) is 14.2 Å². The molecule has 0 saturated heterocycles. The Morgan fingerprint density at radius 1 is 1.29 bits per heavy atom. The van der Waals surface area contributed by atoms with E-state index in [1.165, 1.54) is 0 Å². The first kappa shape index (κ1) is 13.8. The average molecular weight is 238 g/mol. The molecule has 0 atom stereocenters. The quantitative estimate of drug-likeness (QED) is 0.610. The number of nitrogen functional groups attached to an aromatic ring is 1. The van der Waals surface area contributed by atoms with E-state index in [1.807, 2.05) is 23.3 Å². The van der Waals surface area contributed by atoms with Crippen molar-refractivity contribution >= 4 is 5.69 Å². The third kappa shape index (κ3) is 4.24. The normalized spacial score (nSPS) is 11.2. The molecule has 0 radical (unpaired) electrons. The van der Waals surface area contributed by atoms with Crippen LogP contribution in [0.3, 0.4) is 0 Å². The zero-order chi connectivity index (χ0) is 12.8. The van der Waals surface area contributed by atoms with Crippen LogP contribution in [0.1, 0.15) is 19.4 Å². The minimum atomic E-state index is 0.543. The molecule has 0 aliphatic rings. The Bertz CT molecular complexity index is 353. The van der Waals surface area contributed by atoms with Crippen molar-refractivity contribution in [2.24, 2.45) is 5.92 Å². The van der Waals surface area contributed by atoms with Gasteiger partial charge in [-0.3, -0.25) is 0 Å². The molecular weight excluding hydrogens is 216 g/mol. The van der Waals surface area contributed by atoms with Crippen molar-refractivity contribution in [1.29, 1.82) is 0 Å². The van der Waals surface area contributed by atoms with Crippen LogP contribution in [-0.2, 0) is 11.4 Å². The Balaban J connectivity index is 2.77. The number of hydrogen-bond donors (Lipinski definition) is 1. The van der Waals surface area contributed by atoms with E-state index >= 15 is 0 Å². The number of benzene rings is 1. The molecule has 17 heavy (non-hydrogen) atoms. The van der Waals surface area contributed by atoms with E-state index < -0.39 is 0 Å². The van der Waals surface area contributed by atoms with Gasteiger partial charge in [0, 0.05) is 12.2 Å². The SMILES string of the molecule is COc1ccc(N)c(CN(CC(C)C)OC)c1. The Kier molecular flexibility index (Phi) is 5.25. The molecule has 0 heterocycles. The minimum absolute atomic E-state index is 0.543. The van der Waals surface area contributed by atoms with Crippen LogP contribution in [0.25, 0.3) is 0 Å². The number of hydrogen-bond acceptors (Lipinski definition) is 4. The van der Waals surface area contributed by atoms with Gasteiger partial charge in [0.1, 0.15) is 5.75 Å². The standard InChI is InChI=1S/C13H22N2O2/c1-10(2)8-15(17-4)9-11-7-12(16-3)5-6-13(11)14/h5-7,10H,8-9,14H2,1-4H3. The van der Waals surface area contributed by atoms with E-state index in [9.17, 15) is 0 Å². The molecule has 96 valence electrons. The van der Waals surface area contributed by atoms with Crippen LogP contribution in [0.2, 0.25) is 0 Å². The maximum atomic E-state index is 5.94. The van der Waals surface area contributed by atoms with Crippen molar-refractivity contribution in [2.75, 3.05) is 26.5 Å². The highest BCUT2D eigenvalue weighted by molar-refractivity contribution is 5.50. The van der Waals surface area contributed by atoms with Crippen LogP contribution in [0.4, 0.5) is 5.69 Å². The molecule has 0 fully saturated rings. The largest absolute Gasteiger partial charge is 0.497 e. The lowest BCUT2D eigenvalue weighted by atomic mass is 10.1. The van der Waals surface area contributed by atoms with Gasteiger partial charge in [-0.15, -0.1) is 0 Å². The van der Waals surface area contributed by atoms with Crippen molar-refractivity contribution in [2.45, 2.75) is 20.4 Å². The molecule has 4 nitrogen and oxygen atoms in total. The summed E-state index contributed by atoms with van der Waals surface area (Å²) in [6.45, 7) is 5.84. The molecule has 0 aliphatic carbocycles. The zero-order valence-corrected chi connectivity index (χ0v) is 11.1. The Morgan fingerprint density at radius 3 is 2.53 bits per heavy atom. The van der Waals surface area contributed by atoms with Crippen molar-refractivity contribution in [1.82, 2.24) is 5.06 Å².